The summed E-state index contributed by atoms with van der Waals surface area (Å²) < 4.78 is 5.76. The number of hydrogen-bond acceptors (Lipinski definition) is 5. The van der Waals surface area contributed by atoms with Crippen LogP contribution in [0.25, 0.3) is 0 Å². The summed E-state index contributed by atoms with van der Waals surface area (Å²) in [4.78, 5) is 19.3. The first-order valence-electron chi connectivity index (χ1n) is 8.29. The Morgan fingerprint density at radius 3 is 3.05 bits per heavy atom. The van der Waals surface area contributed by atoms with Crippen LogP contribution in [0.1, 0.15) is 49.2 Å². The number of likely N-dealkylation sites (tertiary alicyclic amines) is 1. The molecule has 3 atom stereocenters. The van der Waals surface area contributed by atoms with E-state index in [1.54, 1.807) is 11.3 Å². The van der Waals surface area contributed by atoms with Gasteiger partial charge in [0.2, 0.25) is 0 Å². The third-order valence-corrected chi connectivity index (χ3v) is 5.72. The number of rotatable bonds is 4. The van der Waals surface area contributed by atoms with Crippen LogP contribution < -0.4 is 5.73 Å². The molecule has 0 radical (unpaired) electrons. The van der Waals surface area contributed by atoms with E-state index in [-0.39, 0.29) is 18.1 Å². The highest BCUT2D eigenvalue weighted by atomic mass is 32.1. The molecule has 0 spiro atoms. The van der Waals surface area contributed by atoms with E-state index in [0.717, 1.165) is 50.9 Å². The number of carbonyl (C=O) groups is 1. The van der Waals surface area contributed by atoms with Crippen molar-refractivity contribution >= 4 is 17.2 Å². The maximum absolute atomic E-state index is 12.6. The summed E-state index contributed by atoms with van der Waals surface area (Å²) in [7, 11) is 0. The molecular formula is C16H25N3O2S. The van der Waals surface area contributed by atoms with Gasteiger partial charge in [-0.1, -0.05) is 6.92 Å². The molecule has 0 bridgehead atoms. The number of carbonyl (C=O) groups excluding carboxylic acids is 1. The fraction of sp³-hybridized carbons (Fsp3) is 0.750. The smallest absolute Gasteiger partial charge is 0.251 e. The fourth-order valence-corrected chi connectivity index (χ4v) is 4.35. The van der Waals surface area contributed by atoms with E-state index in [1.165, 1.54) is 5.01 Å². The van der Waals surface area contributed by atoms with Gasteiger partial charge < -0.3 is 15.4 Å². The number of aromatic nitrogens is 1. The number of aryl methyl sites for hydroxylation is 1. The molecule has 0 aliphatic carbocycles. The summed E-state index contributed by atoms with van der Waals surface area (Å²) in [5.74, 6) is 0.530. The fourth-order valence-electron chi connectivity index (χ4n) is 3.32. The second-order valence-electron chi connectivity index (χ2n) is 6.21. The molecule has 2 aliphatic heterocycles. The molecule has 22 heavy (non-hydrogen) atoms. The summed E-state index contributed by atoms with van der Waals surface area (Å²) in [6, 6.07) is 0. The number of thiazole rings is 1. The maximum Gasteiger partial charge on any atom is 0.251 e. The molecule has 2 aliphatic rings. The van der Waals surface area contributed by atoms with Crippen LogP contribution in [-0.2, 0) is 16.0 Å². The van der Waals surface area contributed by atoms with Crippen LogP contribution in [-0.4, -0.2) is 47.6 Å². The molecule has 1 aromatic rings. The Hall–Kier alpha value is -0.980. The molecule has 1 aromatic heterocycles. The molecule has 2 saturated heterocycles. The summed E-state index contributed by atoms with van der Waals surface area (Å²) in [5, 5.41) is 3.32. The van der Waals surface area contributed by atoms with Crippen molar-refractivity contribution in [3.8, 4) is 0 Å². The first-order valence-corrected chi connectivity index (χ1v) is 9.17. The van der Waals surface area contributed by atoms with Crippen LogP contribution in [0.15, 0.2) is 5.38 Å². The summed E-state index contributed by atoms with van der Waals surface area (Å²) >= 11 is 1.73. The maximum atomic E-state index is 12.6. The van der Waals surface area contributed by atoms with Crippen LogP contribution in [0.2, 0.25) is 0 Å². The van der Waals surface area contributed by atoms with Crippen molar-refractivity contribution in [2.24, 2.45) is 5.73 Å². The molecule has 2 fully saturated rings. The zero-order valence-corrected chi connectivity index (χ0v) is 14.0. The molecule has 1 amide bonds. The Kier molecular flexibility index (Phi) is 5.10. The minimum atomic E-state index is -0.283. The molecule has 0 saturated carbocycles. The predicted octanol–water partition coefficient (Wildman–Crippen LogP) is 1.92. The van der Waals surface area contributed by atoms with Gasteiger partial charge in [0.1, 0.15) is 6.10 Å². The number of piperidine rings is 1. The van der Waals surface area contributed by atoms with Crippen LogP contribution in [0.5, 0.6) is 0 Å². The minimum Gasteiger partial charge on any atom is -0.364 e. The highest BCUT2D eigenvalue weighted by molar-refractivity contribution is 7.09. The molecule has 0 aromatic carbocycles. The van der Waals surface area contributed by atoms with Crippen LogP contribution >= 0.6 is 11.3 Å². The monoisotopic (exact) mass is 323 g/mol. The van der Waals surface area contributed by atoms with Crippen molar-refractivity contribution < 1.29 is 9.53 Å². The first kappa shape index (κ1) is 15.9. The van der Waals surface area contributed by atoms with Crippen molar-refractivity contribution in [3.05, 3.63) is 16.1 Å². The topological polar surface area (TPSA) is 68.5 Å². The number of nitrogens with two attached hydrogens (primary N) is 1. The van der Waals surface area contributed by atoms with Crippen LogP contribution in [0, 0.1) is 0 Å². The summed E-state index contributed by atoms with van der Waals surface area (Å²) in [6.07, 6.45) is 4.62. The number of hydrogen-bond donors (Lipinski definition) is 1. The molecule has 3 heterocycles. The second kappa shape index (κ2) is 7.06. The van der Waals surface area contributed by atoms with Crippen molar-refractivity contribution in [1.29, 1.82) is 0 Å². The lowest BCUT2D eigenvalue weighted by Crippen LogP contribution is -2.44. The molecule has 122 valence electrons. The van der Waals surface area contributed by atoms with Gasteiger partial charge in [-0.05, 0) is 32.1 Å². The van der Waals surface area contributed by atoms with Gasteiger partial charge in [0.15, 0.2) is 0 Å². The highest BCUT2D eigenvalue weighted by Gasteiger charge is 2.35. The standard InChI is InChI=1S/C16H25N3O2S/c1-2-12-10-22-15(18-12)11-4-3-7-19(9-11)16(20)14-6-5-13(8-17)21-14/h10-11,13-14H,2-9,17H2,1H3/t11?,13-,14+/m1/s1. The second-order valence-corrected chi connectivity index (χ2v) is 7.10. The lowest BCUT2D eigenvalue weighted by Gasteiger charge is -2.33. The molecular weight excluding hydrogens is 298 g/mol. The van der Waals surface area contributed by atoms with Gasteiger partial charge in [0.05, 0.1) is 16.8 Å². The van der Waals surface area contributed by atoms with Crippen molar-refractivity contribution in [2.75, 3.05) is 19.6 Å². The third-order valence-electron chi connectivity index (χ3n) is 4.66. The Labute approximate surface area is 135 Å². The zero-order chi connectivity index (χ0) is 15.5. The van der Waals surface area contributed by atoms with Gasteiger partial charge >= 0.3 is 0 Å². The van der Waals surface area contributed by atoms with E-state index in [9.17, 15) is 4.79 Å². The summed E-state index contributed by atoms with van der Waals surface area (Å²) in [6.45, 7) is 4.25. The van der Waals surface area contributed by atoms with Crippen LogP contribution in [0.3, 0.4) is 0 Å². The van der Waals surface area contributed by atoms with Gasteiger partial charge in [-0.25, -0.2) is 4.98 Å². The van der Waals surface area contributed by atoms with Crippen molar-refractivity contribution in [3.63, 3.8) is 0 Å². The van der Waals surface area contributed by atoms with Gasteiger partial charge in [-0.3, -0.25) is 4.79 Å². The Balaban J connectivity index is 1.61. The molecule has 6 heteroatoms. The quantitative estimate of drug-likeness (QED) is 0.919. The van der Waals surface area contributed by atoms with E-state index >= 15 is 0 Å². The van der Waals surface area contributed by atoms with Crippen LogP contribution in [0.4, 0.5) is 0 Å². The van der Waals surface area contributed by atoms with E-state index < -0.39 is 0 Å². The molecule has 2 N–H and O–H groups in total. The average Bonchev–Trinajstić information content (AvgIpc) is 3.23. The average molecular weight is 323 g/mol. The SMILES string of the molecule is CCc1csc(C2CCCN(C(=O)[C@@H]3CC[C@H](CN)O3)C2)n1. The van der Waals surface area contributed by atoms with E-state index in [4.69, 9.17) is 15.5 Å². The van der Waals surface area contributed by atoms with E-state index in [0.29, 0.717) is 12.5 Å². The largest absolute Gasteiger partial charge is 0.364 e. The number of amides is 1. The third kappa shape index (κ3) is 3.34. The lowest BCUT2D eigenvalue weighted by atomic mass is 9.98. The first-order chi connectivity index (χ1) is 10.7. The van der Waals surface area contributed by atoms with Gasteiger partial charge in [0.25, 0.3) is 5.91 Å². The van der Waals surface area contributed by atoms with E-state index in [2.05, 4.69) is 12.3 Å². The van der Waals surface area contributed by atoms with E-state index in [1.807, 2.05) is 4.90 Å². The van der Waals surface area contributed by atoms with Gasteiger partial charge in [-0.2, -0.15) is 0 Å². The normalized spacial score (nSPS) is 29.0. The van der Waals surface area contributed by atoms with Gasteiger partial charge in [0, 0.05) is 30.9 Å². The highest BCUT2D eigenvalue weighted by Crippen LogP contribution is 2.31. The molecule has 1 unspecified atom stereocenters. The van der Waals surface area contributed by atoms with Gasteiger partial charge in [-0.15, -0.1) is 11.3 Å². The number of nitrogens with zero attached hydrogens (tertiary/aromatic N) is 2. The Bertz CT molecular complexity index is 519. The van der Waals surface area contributed by atoms with Crippen molar-refractivity contribution in [2.45, 2.75) is 57.2 Å². The zero-order valence-electron chi connectivity index (χ0n) is 13.2. The predicted molar refractivity (Wildman–Crippen MR) is 87.0 cm³/mol. The van der Waals surface area contributed by atoms with Crippen molar-refractivity contribution in [1.82, 2.24) is 9.88 Å². The molecule has 5 nitrogen and oxygen atoms in total. The minimum absolute atomic E-state index is 0.0561. The lowest BCUT2D eigenvalue weighted by molar-refractivity contribution is -0.144. The summed E-state index contributed by atoms with van der Waals surface area (Å²) in [5.41, 5.74) is 6.79. The molecule has 3 rings (SSSR count). The number of ether oxygens (including phenoxy) is 1. The Morgan fingerprint density at radius 1 is 1.50 bits per heavy atom. The Morgan fingerprint density at radius 2 is 2.36 bits per heavy atom.